The van der Waals surface area contributed by atoms with Gasteiger partial charge in [0.25, 0.3) is 0 Å². The maximum atomic E-state index is 13.8. The third-order valence-electron chi connectivity index (χ3n) is 5.97. The molecule has 0 N–H and O–H groups in total. The van der Waals surface area contributed by atoms with E-state index in [4.69, 9.17) is 4.74 Å². The number of ether oxygens (including phenoxy) is 2. The van der Waals surface area contributed by atoms with Crippen molar-refractivity contribution in [3.63, 3.8) is 0 Å². The number of amides is 1. The number of halogens is 3. The number of pyridine rings is 1. The molecule has 9 heteroatoms. The van der Waals surface area contributed by atoms with Crippen molar-refractivity contribution in [1.29, 1.82) is 0 Å². The molecule has 5 rings (SSSR count). The summed E-state index contributed by atoms with van der Waals surface area (Å²) in [5.74, 6) is 0.234. The van der Waals surface area contributed by atoms with E-state index in [1.807, 2.05) is 36.4 Å². The zero-order valence-electron chi connectivity index (χ0n) is 18.1. The van der Waals surface area contributed by atoms with Gasteiger partial charge in [0.05, 0.1) is 18.3 Å². The molecule has 1 amide bonds. The fraction of sp³-hybridized carbons (Fsp3) is 0.280. The van der Waals surface area contributed by atoms with Crippen LogP contribution in [-0.2, 0) is 17.9 Å². The summed E-state index contributed by atoms with van der Waals surface area (Å²) in [4.78, 5) is 21.7. The van der Waals surface area contributed by atoms with Gasteiger partial charge in [0.15, 0.2) is 0 Å². The van der Waals surface area contributed by atoms with Gasteiger partial charge in [-0.2, -0.15) is 0 Å². The minimum atomic E-state index is -4.76. The molecule has 0 saturated carbocycles. The molecule has 3 aromatic rings. The van der Waals surface area contributed by atoms with Crippen molar-refractivity contribution in [3.05, 3.63) is 84.2 Å². The van der Waals surface area contributed by atoms with Crippen LogP contribution < -0.4 is 14.4 Å². The molecule has 3 heterocycles. The van der Waals surface area contributed by atoms with Crippen LogP contribution in [0.3, 0.4) is 0 Å². The Kier molecular flexibility index (Phi) is 5.87. The fourth-order valence-corrected chi connectivity index (χ4v) is 4.50. The second-order valence-corrected chi connectivity index (χ2v) is 8.37. The van der Waals surface area contributed by atoms with Crippen LogP contribution in [0.2, 0.25) is 0 Å². The van der Waals surface area contributed by atoms with Gasteiger partial charge in [-0.25, -0.2) is 0 Å². The number of fused-ring (bicyclic) bond motifs is 3. The number of rotatable bonds is 5. The number of carbonyl (C=O) groups is 1. The van der Waals surface area contributed by atoms with Crippen molar-refractivity contribution in [1.82, 2.24) is 9.88 Å². The van der Waals surface area contributed by atoms with Crippen LogP contribution in [0.5, 0.6) is 11.5 Å². The number of aromatic nitrogens is 1. The molecule has 2 aliphatic heterocycles. The Labute approximate surface area is 194 Å². The van der Waals surface area contributed by atoms with Gasteiger partial charge in [0.2, 0.25) is 5.91 Å². The van der Waals surface area contributed by atoms with Crippen LogP contribution in [-0.4, -0.2) is 40.8 Å². The number of alkyl halides is 3. The molecule has 1 aromatic heterocycles. The first-order valence-electron chi connectivity index (χ1n) is 10.9. The van der Waals surface area contributed by atoms with E-state index in [9.17, 15) is 18.0 Å². The van der Waals surface area contributed by atoms with Crippen LogP contribution >= 0.6 is 0 Å². The lowest BCUT2D eigenvalue weighted by Gasteiger charge is -2.32. The normalized spacial score (nSPS) is 20.3. The maximum Gasteiger partial charge on any atom is 0.573 e. The van der Waals surface area contributed by atoms with Crippen LogP contribution in [0.1, 0.15) is 17.5 Å². The summed E-state index contributed by atoms with van der Waals surface area (Å²) in [6.45, 7) is 1.36. The summed E-state index contributed by atoms with van der Waals surface area (Å²) in [6, 6.07) is 16.4. The van der Waals surface area contributed by atoms with Crippen molar-refractivity contribution in [3.8, 4) is 11.5 Å². The van der Waals surface area contributed by atoms with Crippen molar-refractivity contribution >= 4 is 11.6 Å². The predicted octanol–water partition coefficient (Wildman–Crippen LogP) is 4.55. The van der Waals surface area contributed by atoms with Crippen molar-refractivity contribution in [2.24, 2.45) is 0 Å². The van der Waals surface area contributed by atoms with E-state index in [1.165, 1.54) is 24.3 Å². The zero-order chi connectivity index (χ0) is 23.7. The minimum Gasteiger partial charge on any atom is -0.487 e. The topological polar surface area (TPSA) is 54.9 Å². The van der Waals surface area contributed by atoms with Gasteiger partial charge in [-0.1, -0.05) is 30.3 Å². The molecule has 2 atom stereocenters. The van der Waals surface area contributed by atoms with Crippen LogP contribution in [0.15, 0.2) is 73.1 Å². The summed E-state index contributed by atoms with van der Waals surface area (Å²) >= 11 is 0. The lowest BCUT2D eigenvalue weighted by molar-refractivity contribution is -0.274. The number of hydrogen-bond donors (Lipinski definition) is 0. The number of hydrogen-bond acceptors (Lipinski definition) is 5. The molecule has 34 heavy (non-hydrogen) atoms. The van der Waals surface area contributed by atoms with E-state index in [0.717, 1.165) is 5.56 Å². The Morgan fingerprint density at radius 1 is 1.00 bits per heavy atom. The number of carbonyl (C=O) groups excluding carboxylic acids is 1. The first kappa shape index (κ1) is 22.2. The summed E-state index contributed by atoms with van der Waals surface area (Å²) in [5.41, 5.74) is 2.32. The van der Waals surface area contributed by atoms with E-state index < -0.39 is 6.36 Å². The highest BCUT2D eigenvalue weighted by atomic mass is 19.4. The molecular weight excluding hydrogens is 447 g/mol. The molecular formula is C25H22F3N3O3. The molecule has 2 unspecified atom stereocenters. The van der Waals surface area contributed by atoms with Crippen LogP contribution in [0.4, 0.5) is 18.9 Å². The lowest BCUT2D eigenvalue weighted by Crippen LogP contribution is -2.45. The van der Waals surface area contributed by atoms with E-state index in [0.29, 0.717) is 36.5 Å². The quantitative estimate of drug-likeness (QED) is 0.549. The van der Waals surface area contributed by atoms with Crippen molar-refractivity contribution < 1.29 is 27.4 Å². The van der Waals surface area contributed by atoms with Gasteiger partial charge in [-0.3, -0.25) is 14.7 Å². The van der Waals surface area contributed by atoms with Crippen LogP contribution in [0.25, 0.3) is 0 Å². The van der Waals surface area contributed by atoms with Crippen LogP contribution in [0, 0.1) is 0 Å². The highest BCUT2D eigenvalue weighted by Gasteiger charge is 2.42. The number of anilines is 1. The Morgan fingerprint density at radius 2 is 1.79 bits per heavy atom. The number of para-hydroxylation sites is 2. The first-order chi connectivity index (χ1) is 16.4. The SMILES string of the molecule is O=C1C2CC(CN2Cc2cccnc2)Oc2ccccc2N1Cc1ccc(OC(F)(F)F)cc1. The maximum absolute atomic E-state index is 13.8. The summed E-state index contributed by atoms with van der Waals surface area (Å²) in [7, 11) is 0. The minimum absolute atomic E-state index is 0.0715. The third-order valence-corrected chi connectivity index (χ3v) is 5.97. The number of benzene rings is 2. The predicted molar refractivity (Wildman–Crippen MR) is 118 cm³/mol. The highest BCUT2D eigenvalue weighted by Crippen LogP contribution is 2.37. The fourth-order valence-electron chi connectivity index (χ4n) is 4.50. The second kappa shape index (κ2) is 8.98. The average Bonchev–Trinajstić information content (AvgIpc) is 3.21. The molecule has 0 aliphatic carbocycles. The Bertz CT molecular complexity index is 1160. The van der Waals surface area contributed by atoms with Gasteiger partial charge in [0.1, 0.15) is 17.6 Å². The Hall–Kier alpha value is -3.59. The van der Waals surface area contributed by atoms with Gasteiger partial charge >= 0.3 is 6.36 Å². The molecule has 0 radical (unpaired) electrons. The van der Waals surface area contributed by atoms with E-state index >= 15 is 0 Å². The third kappa shape index (κ3) is 4.84. The monoisotopic (exact) mass is 469 g/mol. The zero-order valence-corrected chi connectivity index (χ0v) is 18.1. The Morgan fingerprint density at radius 3 is 2.53 bits per heavy atom. The summed E-state index contributed by atoms with van der Waals surface area (Å²) in [5, 5.41) is 0. The van der Waals surface area contributed by atoms with E-state index in [1.54, 1.807) is 17.3 Å². The molecule has 0 spiro atoms. The standard InChI is InChI=1S/C25H22F3N3O3/c26-25(27,28)34-19-9-7-17(8-10-19)15-31-21-5-1-2-6-23(21)33-20-12-22(24(31)32)30(16-20)14-18-4-3-11-29-13-18/h1-11,13,20,22H,12,14-16H2. The second-order valence-electron chi connectivity index (χ2n) is 8.37. The first-order valence-corrected chi connectivity index (χ1v) is 10.9. The average molecular weight is 469 g/mol. The molecule has 1 fully saturated rings. The summed E-state index contributed by atoms with van der Waals surface area (Å²) in [6.07, 6.45) is -0.824. The number of likely N-dealkylation sites (tertiary alicyclic amines) is 1. The van der Waals surface area contributed by atoms with Gasteiger partial charge in [0, 0.05) is 31.9 Å². The van der Waals surface area contributed by atoms with Gasteiger partial charge in [-0.15, -0.1) is 13.2 Å². The molecule has 2 aromatic carbocycles. The van der Waals surface area contributed by atoms with Crippen molar-refractivity contribution in [2.45, 2.75) is 38.0 Å². The highest BCUT2D eigenvalue weighted by molar-refractivity contribution is 5.99. The van der Waals surface area contributed by atoms with Gasteiger partial charge < -0.3 is 14.4 Å². The van der Waals surface area contributed by atoms with E-state index in [2.05, 4.69) is 14.6 Å². The van der Waals surface area contributed by atoms with Gasteiger partial charge in [-0.05, 0) is 41.5 Å². The number of nitrogens with zero attached hydrogens (tertiary/aromatic N) is 3. The molecule has 176 valence electrons. The van der Waals surface area contributed by atoms with Crippen molar-refractivity contribution in [2.75, 3.05) is 11.4 Å². The molecule has 2 bridgehead atoms. The Balaban J connectivity index is 1.43. The molecule has 2 aliphatic rings. The van der Waals surface area contributed by atoms with E-state index in [-0.39, 0.29) is 30.3 Å². The largest absolute Gasteiger partial charge is 0.573 e. The lowest BCUT2D eigenvalue weighted by atomic mass is 10.1. The molecule has 6 nitrogen and oxygen atoms in total. The summed E-state index contributed by atoms with van der Waals surface area (Å²) < 4.78 is 47.7. The molecule has 1 saturated heterocycles. The smallest absolute Gasteiger partial charge is 0.487 e.